The minimum Gasteiger partial charge on any atom is -0.756 e. The molecule has 0 heterocycles. The van der Waals surface area contributed by atoms with Gasteiger partial charge < -0.3 is 27.9 Å². The number of ether oxygens (including phenoxy) is 2. The van der Waals surface area contributed by atoms with Crippen LogP contribution in [0.5, 0.6) is 0 Å². The summed E-state index contributed by atoms with van der Waals surface area (Å²) in [5, 5.41) is 0. The molecule has 63 heavy (non-hydrogen) atoms. The molecular formula is C54H104NO7P. The molecular weight excluding hydrogens is 806 g/mol. The normalized spacial score (nSPS) is 13.8. The number of quaternary nitrogens is 1. The second-order valence-corrected chi connectivity index (χ2v) is 20.6. The van der Waals surface area contributed by atoms with E-state index in [1.54, 1.807) is 0 Å². The minimum absolute atomic E-state index is 0.0235. The van der Waals surface area contributed by atoms with Gasteiger partial charge in [0.25, 0.3) is 7.82 Å². The van der Waals surface area contributed by atoms with Crippen molar-refractivity contribution < 1.29 is 37.3 Å². The van der Waals surface area contributed by atoms with E-state index in [2.05, 4.69) is 50.3 Å². The lowest BCUT2D eigenvalue weighted by molar-refractivity contribution is -0.870. The van der Waals surface area contributed by atoms with E-state index in [1.165, 1.54) is 154 Å². The van der Waals surface area contributed by atoms with Gasteiger partial charge in [-0.2, -0.15) is 0 Å². The lowest BCUT2D eigenvalue weighted by Gasteiger charge is -2.28. The summed E-state index contributed by atoms with van der Waals surface area (Å²) in [4.78, 5) is 25.1. The molecule has 0 saturated heterocycles. The van der Waals surface area contributed by atoms with Gasteiger partial charge in [-0.1, -0.05) is 230 Å². The van der Waals surface area contributed by atoms with Crippen LogP contribution in [-0.2, 0) is 27.9 Å². The van der Waals surface area contributed by atoms with Gasteiger partial charge >= 0.3 is 5.97 Å². The Hall–Kier alpha value is -1.28. The van der Waals surface area contributed by atoms with Crippen molar-refractivity contribution in [2.75, 3.05) is 54.1 Å². The van der Waals surface area contributed by atoms with E-state index < -0.39 is 13.9 Å². The molecule has 0 spiro atoms. The maximum Gasteiger partial charge on any atom is 0.306 e. The molecule has 0 aromatic heterocycles. The predicted octanol–water partition coefficient (Wildman–Crippen LogP) is 15.9. The fourth-order valence-corrected chi connectivity index (χ4v) is 8.35. The Morgan fingerprint density at radius 3 is 1.38 bits per heavy atom. The Morgan fingerprint density at radius 2 is 0.921 bits per heavy atom. The number of carbonyl (C=O) groups is 1. The molecule has 2 atom stereocenters. The molecule has 0 aliphatic rings. The second-order valence-electron chi connectivity index (χ2n) is 19.2. The number of phosphoric acid groups is 1. The number of unbranched alkanes of at least 4 members (excludes halogenated alkanes) is 30. The Balaban J connectivity index is 4.02. The third-order valence-corrected chi connectivity index (χ3v) is 12.7. The highest BCUT2D eigenvalue weighted by Gasteiger charge is 2.20. The summed E-state index contributed by atoms with van der Waals surface area (Å²) in [5.74, 6) is -0.347. The second kappa shape index (κ2) is 47.2. The van der Waals surface area contributed by atoms with Crippen LogP contribution in [0.3, 0.4) is 0 Å². The van der Waals surface area contributed by atoms with Gasteiger partial charge in [-0.05, 0) is 44.9 Å². The molecule has 0 aliphatic heterocycles. The summed E-state index contributed by atoms with van der Waals surface area (Å²) in [7, 11) is 1.35. The van der Waals surface area contributed by atoms with Gasteiger partial charge in [0.15, 0.2) is 0 Å². The van der Waals surface area contributed by atoms with Crippen LogP contribution in [0.15, 0.2) is 36.5 Å². The summed E-state index contributed by atoms with van der Waals surface area (Å²) in [6, 6.07) is 0. The molecule has 0 aromatic rings. The SMILES string of the molecule is CC/C=C\C/C=C\C/C=C\CCCCCCCC(=O)OC(COCCCCCCCCCCCCCCCCCCCCCCCCCCCC)COP(=O)([O-])OCC[N+](C)(C)C. The highest BCUT2D eigenvalue weighted by molar-refractivity contribution is 7.45. The van der Waals surface area contributed by atoms with Crippen molar-refractivity contribution in [3.63, 3.8) is 0 Å². The van der Waals surface area contributed by atoms with Crippen LogP contribution in [0.4, 0.5) is 0 Å². The number of hydrogen-bond donors (Lipinski definition) is 0. The van der Waals surface area contributed by atoms with Crippen LogP contribution in [0.1, 0.15) is 245 Å². The van der Waals surface area contributed by atoms with Gasteiger partial charge in [-0.15, -0.1) is 0 Å². The Labute approximate surface area is 391 Å². The van der Waals surface area contributed by atoms with Crippen molar-refractivity contribution in [3.8, 4) is 0 Å². The van der Waals surface area contributed by atoms with Gasteiger partial charge in [0.2, 0.25) is 0 Å². The smallest absolute Gasteiger partial charge is 0.306 e. The van der Waals surface area contributed by atoms with Crippen LogP contribution in [0.25, 0.3) is 0 Å². The highest BCUT2D eigenvalue weighted by Crippen LogP contribution is 2.38. The zero-order chi connectivity index (χ0) is 46.2. The monoisotopic (exact) mass is 910 g/mol. The summed E-state index contributed by atoms with van der Waals surface area (Å²) < 4.78 is 34.7. The summed E-state index contributed by atoms with van der Waals surface area (Å²) in [5.41, 5.74) is 0. The molecule has 0 amide bonds. The first-order valence-electron chi connectivity index (χ1n) is 26.7. The molecule has 0 fully saturated rings. The first kappa shape index (κ1) is 61.7. The molecule has 0 N–H and O–H groups in total. The molecule has 0 bridgehead atoms. The molecule has 2 unspecified atom stereocenters. The van der Waals surface area contributed by atoms with Gasteiger partial charge in [0, 0.05) is 13.0 Å². The van der Waals surface area contributed by atoms with E-state index in [0.717, 1.165) is 70.6 Å². The molecule has 0 radical (unpaired) electrons. The average molecular weight is 910 g/mol. The predicted molar refractivity (Wildman–Crippen MR) is 268 cm³/mol. The topological polar surface area (TPSA) is 94.1 Å². The van der Waals surface area contributed by atoms with E-state index in [-0.39, 0.29) is 25.8 Å². The largest absolute Gasteiger partial charge is 0.756 e. The third kappa shape index (κ3) is 51.6. The zero-order valence-corrected chi connectivity index (χ0v) is 43.2. The van der Waals surface area contributed by atoms with E-state index in [9.17, 15) is 14.3 Å². The fraction of sp³-hybridized carbons (Fsp3) is 0.870. The Bertz CT molecular complexity index is 1100. The number of carbonyl (C=O) groups excluding carboxylic acids is 1. The summed E-state index contributed by atoms with van der Waals surface area (Å²) in [6.45, 7) is 5.32. The van der Waals surface area contributed by atoms with Crippen molar-refractivity contribution in [2.45, 2.75) is 251 Å². The van der Waals surface area contributed by atoms with E-state index in [0.29, 0.717) is 24.1 Å². The quantitative estimate of drug-likeness (QED) is 0.0197. The van der Waals surface area contributed by atoms with Crippen LogP contribution in [0.2, 0.25) is 0 Å². The van der Waals surface area contributed by atoms with E-state index in [4.69, 9.17) is 18.5 Å². The lowest BCUT2D eigenvalue weighted by atomic mass is 10.0. The first-order valence-corrected chi connectivity index (χ1v) is 28.2. The lowest BCUT2D eigenvalue weighted by Crippen LogP contribution is -2.37. The highest BCUT2D eigenvalue weighted by atomic mass is 31.2. The number of hydrogen-bond acceptors (Lipinski definition) is 7. The van der Waals surface area contributed by atoms with Crippen LogP contribution < -0.4 is 4.89 Å². The minimum atomic E-state index is -4.53. The van der Waals surface area contributed by atoms with Crippen LogP contribution in [-0.4, -0.2) is 70.7 Å². The Morgan fingerprint density at radius 1 is 0.508 bits per heavy atom. The van der Waals surface area contributed by atoms with Crippen LogP contribution in [0, 0.1) is 0 Å². The van der Waals surface area contributed by atoms with Gasteiger partial charge in [0.1, 0.15) is 19.3 Å². The summed E-state index contributed by atoms with van der Waals surface area (Å²) >= 11 is 0. The molecule has 372 valence electrons. The maximum atomic E-state index is 12.7. The number of allylic oxidation sites excluding steroid dienone is 6. The molecule has 0 saturated carbocycles. The zero-order valence-electron chi connectivity index (χ0n) is 42.3. The first-order chi connectivity index (χ1) is 30.6. The van der Waals surface area contributed by atoms with Crippen molar-refractivity contribution in [1.82, 2.24) is 0 Å². The summed E-state index contributed by atoms with van der Waals surface area (Å²) in [6.07, 6.45) is 57.6. The Kier molecular flexibility index (Phi) is 46.3. The number of esters is 1. The van der Waals surface area contributed by atoms with Crippen molar-refractivity contribution in [2.24, 2.45) is 0 Å². The number of nitrogens with zero attached hydrogens (tertiary/aromatic N) is 1. The average Bonchev–Trinajstić information content (AvgIpc) is 3.24. The van der Waals surface area contributed by atoms with Crippen molar-refractivity contribution in [1.29, 1.82) is 0 Å². The number of rotatable bonds is 50. The van der Waals surface area contributed by atoms with Gasteiger partial charge in [-0.3, -0.25) is 9.36 Å². The molecule has 8 nitrogen and oxygen atoms in total. The van der Waals surface area contributed by atoms with Crippen molar-refractivity contribution in [3.05, 3.63) is 36.5 Å². The van der Waals surface area contributed by atoms with Crippen molar-refractivity contribution >= 4 is 13.8 Å². The number of phosphoric ester groups is 1. The van der Waals surface area contributed by atoms with Gasteiger partial charge in [0.05, 0.1) is 34.4 Å². The maximum absolute atomic E-state index is 12.7. The van der Waals surface area contributed by atoms with Crippen LogP contribution >= 0.6 is 7.82 Å². The standard InChI is InChI=1S/C54H104NO7P/c1-6-8-10-12-14-16-18-20-22-23-24-25-26-27-28-29-30-31-32-34-36-38-40-42-44-46-49-59-51-53(52-61-63(57,58)60-50-48-55(3,4)5)62-54(56)47-45-43-41-39-37-35-33-21-19-17-15-13-11-9-7-2/h9,11,15,17,21,33,53H,6-8,10,12-14,16,18-20,22-32,34-52H2,1-5H3/b11-9-,17-15-,33-21-. The van der Waals surface area contributed by atoms with Gasteiger partial charge in [-0.25, -0.2) is 0 Å². The molecule has 0 aromatic carbocycles. The number of likely N-dealkylation sites (N-methyl/N-ethyl adjacent to an activating group) is 1. The molecule has 0 rings (SSSR count). The van der Waals surface area contributed by atoms with E-state index in [1.807, 2.05) is 21.1 Å². The molecule has 0 aliphatic carbocycles. The van der Waals surface area contributed by atoms with E-state index >= 15 is 0 Å². The fourth-order valence-electron chi connectivity index (χ4n) is 7.62. The molecule has 9 heteroatoms. The third-order valence-electron chi connectivity index (χ3n) is 11.7.